The number of rotatable bonds is 1. The maximum atomic E-state index is 13.4. The molecule has 1 aromatic rings. The van der Waals surface area contributed by atoms with E-state index in [4.69, 9.17) is 17.3 Å². The molecule has 1 fully saturated rings. The van der Waals surface area contributed by atoms with E-state index >= 15 is 0 Å². The van der Waals surface area contributed by atoms with Crippen LogP contribution in [0.3, 0.4) is 0 Å². The highest BCUT2D eigenvalue weighted by Gasteiger charge is 2.39. The number of carbonyl (C=O) groups excluding carboxylic acids is 1. The normalized spacial score (nSPS) is 24.1. The predicted octanol–water partition coefficient (Wildman–Crippen LogP) is 3.66. The lowest BCUT2D eigenvalue weighted by molar-refractivity contribution is -0.139. The van der Waals surface area contributed by atoms with E-state index in [9.17, 15) is 9.18 Å². The molecule has 0 spiro atoms. The second kappa shape index (κ2) is 5.93. The van der Waals surface area contributed by atoms with Gasteiger partial charge < -0.3 is 10.6 Å². The minimum Gasteiger partial charge on any atom is -0.329 e. The summed E-state index contributed by atoms with van der Waals surface area (Å²) in [7, 11) is 0. The second-order valence-electron chi connectivity index (χ2n) is 6.61. The van der Waals surface area contributed by atoms with Crippen LogP contribution in [0.1, 0.15) is 51.6 Å². The molecule has 1 saturated heterocycles. The lowest BCUT2D eigenvalue weighted by Crippen LogP contribution is -2.51. The van der Waals surface area contributed by atoms with Crippen molar-refractivity contribution < 1.29 is 9.18 Å². The van der Waals surface area contributed by atoms with Crippen molar-refractivity contribution in [1.82, 2.24) is 4.90 Å². The molecule has 2 unspecified atom stereocenters. The highest BCUT2D eigenvalue weighted by Crippen LogP contribution is 2.36. The van der Waals surface area contributed by atoms with E-state index < -0.39 is 5.82 Å². The molecule has 1 aromatic carbocycles. The van der Waals surface area contributed by atoms with Crippen LogP contribution in [-0.2, 0) is 4.79 Å². The van der Waals surface area contributed by atoms with E-state index in [2.05, 4.69) is 0 Å². The smallest absolute Gasteiger partial charge is 0.223 e. The molecule has 0 aromatic heterocycles. The first-order valence-electron chi connectivity index (χ1n) is 7.24. The largest absolute Gasteiger partial charge is 0.329 e. The van der Waals surface area contributed by atoms with Crippen LogP contribution in [0.5, 0.6) is 0 Å². The number of nitrogens with zero attached hydrogens (tertiary/aromatic N) is 1. The van der Waals surface area contributed by atoms with Gasteiger partial charge in [-0.05, 0) is 51.3 Å². The van der Waals surface area contributed by atoms with Crippen LogP contribution in [0.15, 0.2) is 18.2 Å². The van der Waals surface area contributed by atoms with Gasteiger partial charge in [0.15, 0.2) is 0 Å². The fourth-order valence-corrected chi connectivity index (χ4v) is 3.19. The number of likely N-dealkylation sites (tertiary alicyclic amines) is 1. The van der Waals surface area contributed by atoms with Crippen LogP contribution in [0.25, 0.3) is 0 Å². The van der Waals surface area contributed by atoms with Crippen molar-refractivity contribution in [3.8, 4) is 0 Å². The Morgan fingerprint density at radius 1 is 1.38 bits per heavy atom. The maximum Gasteiger partial charge on any atom is 0.223 e. The number of halogens is 2. The van der Waals surface area contributed by atoms with Gasteiger partial charge in [-0.1, -0.05) is 17.7 Å². The third-order valence-corrected chi connectivity index (χ3v) is 4.18. The molecule has 0 aliphatic carbocycles. The van der Waals surface area contributed by atoms with Gasteiger partial charge in [0, 0.05) is 18.0 Å². The standard InChI is InChI=1S/C16H22ClFN2O/c1-16(2,3)20-14(21)6-4-5-13(19)15(20)10-7-8-12(18)11(17)9-10/h7-9,13,15H,4-6,19H2,1-3H3. The first kappa shape index (κ1) is 16.2. The lowest BCUT2D eigenvalue weighted by atomic mass is 9.92. The SMILES string of the molecule is CC(C)(C)N1C(=O)CCCC(N)C1c1ccc(F)c(Cl)c1. The van der Waals surface area contributed by atoms with E-state index in [-0.39, 0.29) is 28.6 Å². The Hall–Kier alpha value is -1.13. The predicted molar refractivity (Wildman–Crippen MR) is 82.6 cm³/mol. The van der Waals surface area contributed by atoms with Crippen molar-refractivity contribution >= 4 is 17.5 Å². The van der Waals surface area contributed by atoms with Gasteiger partial charge >= 0.3 is 0 Å². The summed E-state index contributed by atoms with van der Waals surface area (Å²) in [5, 5.41) is 0.0604. The zero-order valence-corrected chi connectivity index (χ0v) is 13.5. The average molecular weight is 313 g/mol. The number of hydrogen-bond acceptors (Lipinski definition) is 2. The molecule has 5 heteroatoms. The highest BCUT2D eigenvalue weighted by molar-refractivity contribution is 6.30. The van der Waals surface area contributed by atoms with Gasteiger partial charge in [0.2, 0.25) is 5.91 Å². The molecule has 2 rings (SSSR count). The van der Waals surface area contributed by atoms with Crippen LogP contribution in [-0.4, -0.2) is 22.4 Å². The maximum absolute atomic E-state index is 13.4. The zero-order chi connectivity index (χ0) is 15.8. The summed E-state index contributed by atoms with van der Waals surface area (Å²) in [4.78, 5) is 14.3. The van der Waals surface area contributed by atoms with Crippen molar-refractivity contribution in [2.45, 2.75) is 57.7 Å². The molecule has 2 atom stereocenters. The number of benzene rings is 1. The fourth-order valence-electron chi connectivity index (χ4n) is 3.00. The first-order chi connectivity index (χ1) is 9.71. The van der Waals surface area contributed by atoms with Crippen LogP contribution in [0.2, 0.25) is 5.02 Å². The number of carbonyl (C=O) groups is 1. The number of nitrogens with two attached hydrogens (primary N) is 1. The lowest BCUT2D eigenvalue weighted by Gasteiger charge is -2.43. The summed E-state index contributed by atoms with van der Waals surface area (Å²) in [5.74, 6) is -0.378. The molecule has 3 nitrogen and oxygen atoms in total. The molecule has 0 saturated carbocycles. The summed E-state index contributed by atoms with van der Waals surface area (Å²) in [6.07, 6.45) is 2.03. The highest BCUT2D eigenvalue weighted by atomic mass is 35.5. The van der Waals surface area contributed by atoms with Gasteiger partial charge in [0.1, 0.15) is 5.82 Å². The summed E-state index contributed by atoms with van der Waals surface area (Å²) in [6.45, 7) is 5.96. The molecule has 1 amide bonds. The first-order valence-corrected chi connectivity index (χ1v) is 7.62. The summed E-state index contributed by atoms with van der Waals surface area (Å²) in [6, 6.07) is 4.12. The molecule has 1 heterocycles. The molecule has 116 valence electrons. The van der Waals surface area contributed by atoms with Gasteiger partial charge in [-0.3, -0.25) is 4.79 Å². The van der Waals surface area contributed by atoms with Crippen LogP contribution in [0.4, 0.5) is 4.39 Å². The number of amides is 1. The quantitative estimate of drug-likeness (QED) is 0.860. The molecule has 0 radical (unpaired) electrons. The summed E-state index contributed by atoms with van der Waals surface area (Å²) < 4.78 is 13.4. The van der Waals surface area contributed by atoms with Crippen molar-refractivity contribution in [3.05, 3.63) is 34.6 Å². The van der Waals surface area contributed by atoms with E-state index in [1.54, 1.807) is 12.1 Å². The minimum absolute atomic E-state index is 0.0604. The molecule has 21 heavy (non-hydrogen) atoms. The molecule has 2 N–H and O–H groups in total. The van der Waals surface area contributed by atoms with Gasteiger partial charge in [0.05, 0.1) is 11.1 Å². The summed E-state index contributed by atoms with van der Waals surface area (Å²) in [5.41, 5.74) is 6.75. The van der Waals surface area contributed by atoms with Gasteiger partial charge in [-0.25, -0.2) is 4.39 Å². The van der Waals surface area contributed by atoms with Crippen molar-refractivity contribution in [1.29, 1.82) is 0 Å². The van der Waals surface area contributed by atoms with Crippen molar-refractivity contribution in [3.63, 3.8) is 0 Å². The van der Waals surface area contributed by atoms with Crippen molar-refractivity contribution in [2.24, 2.45) is 5.73 Å². The third kappa shape index (κ3) is 3.38. The van der Waals surface area contributed by atoms with Crippen LogP contribution >= 0.6 is 11.6 Å². The Balaban J connectivity index is 2.51. The Morgan fingerprint density at radius 3 is 2.62 bits per heavy atom. The van der Waals surface area contributed by atoms with Crippen molar-refractivity contribution in [2.75, 3.05) is 0 Å². The molecule has 1 aliphatic rings. The molecule has 0 bridgehead atoms. The Labute approximate surface area is 130 Å². The molecule has 1 aliphatic heterocycles. The van der Waals surface area contributed by atoms with Crippen LogP contribution in [0, 0.1) is 5.82 Å². The topological polar surface area (TPSA) is 46.3 Å². The van der Waals surface area contributed by atoms with E-state index in [1.807, 2.05) is 25.7 Å². The van der Waals surface area contributed by atoms with Gasteiger partial charge in [0.25, 0.3) is 0 Å². The van der Waals surface area contributed by atoms with Crippen LogP contribution < -0.4 is 5.73 Å². The van der Waals surface area contributed by atoms with E-state index in [0.29, 0.717) is 6.42 Å². The van der Waals surface area contributed by atoms with Gasteiger partial charge in [-0.15, -0.1) is 0 Å². The number of hydrogen-bond donors (Lipinski definition) is 1. The second-order valence-corrected chi connectivity index (χ2v) is 7.02. The monoisotopic (exact) mass is 312 g/mol. The Bertz CT molecular complexity index is 542. The average Bonchev–Trinajstić information content (AvgIpc) is 2.51. The molecular weight excluding hydrogens is 291 g/mol. The minimum atomic E-state index is -0.462. The third-order valence-electron chi connectivity index (χ3n) is 3.89. The zero-order valence-electron chi connectivity index (χ0n) is 12.7. The molecular formula is C16H22ClFN2O. The fraction of sp³-hybridized carbons (Fsp3) is 0.562. The van der Waals surface area contributed by atoms with E-state index in [1.165, 1.54) is 6.07 Å². The Kier molecular flexibility index (Phi) is 4.59. The Morgan fingerprint density at radius 2 is 2.05 bits per heavy atom. The summed E-state index contributed by atoms with van der Waals surface area (Å²) >= 11 is 5.90. The van der Waals surface area contributed by atoms with Gasteiger partial charge in [-0.2, -0.15) is 0 Å². The van der Waals surface area contributed by atoms with E-state index in [0.717, 1.165) is 18.4 Å².